The third kappa shape index (κ3) is 3.01. The van der Waals surface area contributed by atoms with Gasteiger partial charge in [-0.2, -0.15) is 18.4 Å². The zero-order valence-corrected chi connectivity index (χ0v) is 18.7. The molecule has 2 saturated heterocycles. The summed E-state index contributed by atoms with van der Waals surface area (Å²) in [5.74, 6) is -0.508. The number of nitrogens with zero attached hydrogens (tertiary/aromatic N) is 3. The molecule has 9 heteroatoms. The van der Waals surface area contributed by atoms with Crippen molar-refractivity contribution >= 4 is 16.8 Å². The molecule has 3 unspecified atom stereocenters. The minimum Gasteiger partial charge on any atom is -0.353 e. The predicted molar refractivity (Wildman–Crippen MR) is 118 cm³/mol. The number of alkyl halides is 3. The molecular formula is C25H26F3N5O. The van der Waals surface area contributed by atoms with Crippen LogP contribution in [0.5, 0.6) is 0 Å². The molecule has 3 atom stereocenters. The van der Waals surface area contributed by atoms with Gasteiger partial charge in [0.05, 0.1) is 21.9 Å². The number of carbonyl (C=O) groups excluding carboxylic acids is 1. The molecule has 2 saturated carbocycles. The number of aromatic nitrogens is 1. The molecule has 6 rings (SSSR count). The Labute approximate surface area is 195 Å². The lowest BCUT2D eigenvalue weighted by atomic mass is 9.83. The number of benzene rings is 1. The van der Waals surface area contributed by atoms with E-state index in [1.165, 1.54) is 12.8 Å². The summed E-state index contributed by atoms with van der Waals surface area (Å²) in [6, 6.07) is 8.56. The summed E-state index contributed by atoms with van der Waals surface area (Å²) in [4.78, 5) is 20.4. The highest BCUT2D eigenvalue weighted by Crippen LogP contribution is 2.78. The summed E-state index contributed by atoms with van der Waals surface area (Å²) in [6.45, 7) is 1.46. The molecule has 2 aliphatic heterocycles. The maximum atomic E-state index is 14.4. The second-order valence-electron chi connectivity index (χ2n) is 10.3. The first-order valence-electron chi connectivity index (χ1n) is 11.9. The molecule has 4 aliphatic rings. The maximum absolute atomic E-state index is 14.4. The fraction of sp³-hybridized carbons (Fsp3) is 0.560. The molecule has 0 bridgehead atoms. The molecule has 2 aliphatic carbocycles. The van der Waals surface area contributed by atoms with Gasteiger partial charge in [-0.15, -0.1) is 0 Å². The molecule has 1 amide bonds. The van der Waals surface area contributed by atoms with Crippen molar-refractivity contribution in [3.05, 3.63) is 41.6 Å². The van der Waals surface area contributed by atoms with Gasteiger partial charge in [0.1, 0.15) is 6.07 Å². The Morgan fingerprint density at radius 2 is 1.97 bits per heavy atom. The lowest BCUT2D eigenvalue weighted by Crippen LogP contribution is -2.49. The topological polar surface area (TPSA) is 81.0 Å². The summed E-state index contributed by atoms with van der Waals surface area (Å²) >= 11 is 0. The predicted octanol–water partition coefficient (Wildman–Crippen LogP) is 3.43. The van der Waals surface area contributed by atoms with Crippen molar-refractivity contribution in [3.63, 3.8) is 0 Å². The number of pyridine rings is 1. The van der Waals surface area contributed by atoms with Crippen molar-refractivity contribution in [1.82, 2.24) is 20.5 Å². The van der Waals surface area contributed by atoms with Crippen molar-refractivity contribution in [1.29, 1.82) is 5.26 Å². The van der Waals surface area contributed by atoms with Crippen molar-refractivity contribution in [2.24, 2.45) is 10.8 Å². The van der Waals surface area contributed by atoms with Gasteiger partial charge in [-0.1, -0.05) is 12.1 Å². The lowest BCUT2D eigenvalue weighted by molar-refractivity contribution is -0.193. The molecular weight excluding hydrogens is 443 g/mol. The summed E-state index contributed by atoms with van der Waals surface area (Å²) in [6.07, 6.45) is 0.794. The van der Waals surface area contributed by atoms with Crippen molar-refractivity contribution in [2.75, 3.05) is 19.6 Å². The minimum atomic E-state index is -4.50. The lowest BCUT2D eigenvalue weighted by Gasteiger charge is -2.34. The van der Waals surface area contributed by atoms with E-state index in [2.05, 4.69) is 26.6 Å². The quantitative estimate of drug-likeness (QED) is 0.717. The third-order valence-corrected chi connectivity index (χ3v) is 8.52. The van der Waals surface area contributed by atoms with Crippen LogP contribution in [0.15, 0.2) is 30.5 Å². The number of fused-ring (bicyclic) bond motifs is 2. The van der Waals surface area contributed by atoms with Crippen LogP contribution in [0.25, 0.3) is 10.9 Å². The largest absolute Gasteiger partial charge is 0.396 e. The van der Waals surface area contributed by atoms with Crippen LogP contribution in [0.4, 0.5) is 13.2 Å². The second kappa shape index (κ2) is 7.40. The summed E-state index contributed by atoms with van der Waals surface area (Å²) in [5, 5.41) is 16.1. The molecule has 178 valence electrons. The Morgan fingerprint density at radius 3 is 2.62 bits per heavy atom. The van der Waals surface area contributed by atoms with Gasteiger partial charge < -0.3 is 15.5 Å². The Hall–Kier alpha value is -2.70. The number of rotatable bonds is 4. The van der Waals surface area contributed by atoms with Gasteiger partial charge >= 0.3 is 6.18 Å². The number of piperidine rings is 2. The van der Waals surface area contributed by atoms with Crippen LogP contribution in [0.1, 0.15) is 49.3 Å². The van der Waals surface area contributed by atoms with Gasteiger partial charge in [0.2, 0.25) is 5.91 Å². The zero-order valence-electron chi connectivity index (χ0n) is 18.7. The highest BCUT2D eigenvalue weighted by atomic mass is 19.4. The van der Waals surface area contributed by atoms with E-state index < -0.39 is 29.0 Å². The van der Waals surface area contributed by atoms with Crippen molar-refractivity contribution < 1.29 is 18.0 Å². The molecule has 34 heavy (non-hydrogen) atoms. The number of amides is 1. The normalized spacial score (nSPS) is 31.8. The average Bonchev–Trinajstić information content (AvgIpc) is 3.75. The number of hydrogen-bond acceptors (Lipinski definition) is 5. The SMILES string of the molecule is N#Cc1ccc(C2NCC3(C(F)(F)F)CC23C(=O)NC2CCN(C3CC3)CC2)c2cccnc12. The van der Waals surface area contributed by atoms with E-state index in [1.54, 1.807) is 30.5 Å². The van der Waals surface area contributed by atoms with Crippen LogP contribution < -0.4 is 10.6 Å². The van der Waals surface area contributed by atoms with Gasteiger partial charge in [0.15, 0.2) is 0 Å². The first-order valence-corrected chi connectivity index (χ1v) is 11.9. The number of likely N-dealkylation sites (tertiary alicyclic amines) is 1. The maximum Gasteiger partial charge on any atom is 0.396 e. The van der Waals surface area contributed by atoms with Gasteiger partial charge in [-0.25, -0.2) is 0 Å². The standard InChI is InChI=1S/C25H26F3N5O/c26-25(27,28)23-13-24(23,22(34)32-16-7-10-33(11-8-16)17-4-5-17)21(31-14-23)19-6-3-15(12-29)20-18(19)2-1-9-30-20/h1-3,6,9,16-17,21,31H,4-5,7-8,10-11,13-14H2,(H,32,34). The minimum absolute atomic E-state index is 0.107. The first kappa shape index (κ1) is 21.8. The van der Waals surface area contributed by atoms with Gasteiger partial charge in [-0.05, 0) is 49.8 Å². The highest BCUT2D eigenvalue weighted by molar-refractivity contribution is 5.93. The zero-order chi connectivity index (χ0) is 23.7. The van der Waals surface area contributed by atoms with Crippen molar-refractivity contribution in [2.45, 2.75) is 56.4 Å². The summed E-state index contributed by atoms with van der Waals surface area (Å²) in [7, 11) is 0. The molecule has 2 N–H and O–H groups in total. The van der Waals surface area contributed by atoms with E-state index in [0.29, 0.717) is 28.1 Å². The third-order valence-electron chi connectivity index (χ3n) is 8.52. The Morgan fingerprint density at radius 1 is 1.21 bits per heavy atom. The van der Waals surface area contributed by atoms with Gasteiger partial charge in [0, 0.05) is 49.3 Å². The smallest absolute Gasteiger partial charge is 0.353 e. The van der Waals surface area contributed by atoms with Crippen LogP contribution in [0.2, 0.25) is 0 Å². The summed E-state index contributed by atoms with van der Waals surface area (Å²) < 4.78 is 43.1. The van der Waals surface area contributed by atoms with E-state index in [1.807, 2.05) is 0 Å². The molecule has 1 aromatic carbocycles. The average molecular weight is 470 g/mol. The number of nitriles is 1. The van der Waals surface area contributed by atoms with Crippen LogP contribution in [-0.4, -0.2) is 53.7 Å². The molecule has 6 nitrogen and oxygen atoms in total. The highest BCUT2D eigenvalue weighted by Gasteiger charge is 2.87. The fourth-order valence-corrected chi connectivity index (χ4v) is 6.44. The number of halogens is 3. The fourth-order valence-electron chi connectivity index (χ4n) is 6.44. The van der Waals surface area contributed by atoms with Gasteiger partial charge in [-0.3, -0.25) is 9.78 Å². The number of nitrogens with one attached hydrogen (secondary N) is 2. The first-order chi connectivity index (χ1) is 16.3. The number of carbonyl (C=O) groups is 1. The van der Waals surface area contributed by atoms with Crippen LogP contribution in [0.3, 0.4) is 0 Å². The second-order valence-corrected chi connectivity index (χ2v) is 10.3. The molecule has 3 heterocycles. The number of hydrogen-bond donors (Lipinski definition) is 2. The van der Waals surface area contributed by atoms with Crippen LogP contribution in [0, 0.1) is 22.2 Å². The Bertz CT molecular complexity index is 1200. The van der Waals surface area contributed by atoms with E-state index in [4.69, 9.17) is 0 Å². The molecule has 1 aromatic heterocycles. The van der Waals surface area contributed by atoms with Crippen LogP contribution in [-0.2, 0) is 4.79 Å². The Balaban J connectivity index is 1.34. The summed E-state index contributed by atoms with van der Waals surface area (Å²) in [5.41, 5.74) is -2.29. The molecule has 2 aromatic rings. The van der Waals surface area contributed by atoms with Crippen LogP contribution >= 0.6 is 0 Å². The van der Waals surface area contributed by atoms with Crippen molar-refractivity contribution in [3.8, 4) is 6.07 Å². The van der Waals surface area contributed by atoms with E-state index in [9.17, 15) is 23.2 Å². The van der Waals surface area contributed by atoms with E-state index in [-0.39, 0.29) is 19.0 Å². The van der Waals surface area contributed by atoms with E-state index in [0.717, 1.165) is 25.9 Å². The molecule has 4 fully saturated rings. The van der Waals surface area contributed by atoms with Gasteiger partial charge in [0.25, 0.3) is 0 Å². The molecule has 0 radical (unpaired) electrons. The Kier molecular flexibility index (Phi) is 4.74. The van der Waals surface area contributed by atoms with E-state index >= 15 is 0 Å². The monoisotopic (exact) mass is 469 g/mol. The molecule has 0 spiro atoms.